The summed E-state index contributed by atoms with van der Waals surface area (Å²) in [6.45, 7) is 8.87. The number of nitrogens with one attached hydrogen (secondary N) is 4. The molecule has 4 amide bonds. The molecule has 4 aliphatic carbocycles. The molecule has 0 saturated carbocycles. The van der Waals surface area contributed by atoms with Crippen molar-refractivity contribution in [2.24, 2.45) is 11.8 Å². The van der Waals surface area contributed by atoms with Gasteiger partial charge in [0.15, 0.2) is 0 Å². The molecule has 4 bridgehead atoms. The minimum Gasteiger partial charge on any atom is -0.453 e. The molecular weight excluding hydrogens is 809 g/mol. The van der Waals surface area contributed by atoms with Crippen molar-refractivity contribution in [1.82, 2.24) is 40.4 Å². The van der Waals surface area contributed by atoms with Crippen LogP contribution in [0.15, 0.2) is 73.1 Å². The number of carbonyl (C=O) groups excluding carboxylic acids is 4. The number of nitrogens with zero attached hydrogens (tertiary/aromatic N) is 4. The third kappa shape index (κ3) is 9.27. The second-order valence-electron chi connectivity index (χ2n) is 18.0. The second-order valence-corrected chi connectivity index (χ2v) is 18.0. The van der Waals surface area contributed by atoms with Crippen molar-refractivity contribution in [3.8, 4) is 33.6 Å². The van der Waals surface area contributed by atoms with Crippen molar-refractivity contribution >= 4 is 24.0 Å². The third-order valence-corrected chi connectivity index (χ3v) is 13.2. The molecule has 2 aromatic heterocycles. The van der Waals surface area contributed by atoms with Crippen molar-refractivity contribution in [2.45, 2.75) is 103 Å². The number of hydrogen-bond acceptors (Lipinski definition) is 8. The van der Waals surface area contributed by atoms with Gasteiger partial charge in [0.05, 0.1) is 50.1 Å². The zero-order valence-electron chi connectivity index (χ0n) is 37.7. The SMILES string of the molecule is COC(=O)NC(C(=O)N1CCCC1c1ncc(-c2ccc(-c3cc4ccc3CCc3ccc(c(-c5cnc(C6CCCN6C(=O)C(NC(=O)OC)C(C)C)[nH]5)c3)CC4)cc2)[nH]1)C(C)C. The Morgan fingerprint density at radius 3 is 1.56 bits per heavy atom. The topological polar surface area (TPSA) is 175 Å². The Kier molecular flexibility index (Phi) is 13.2. The molecule has 4 heterocycles. The maximum Gasteiger partial charge on any atom is 0.407 e. The molecule has 14 heteroatoms. The van der Waals surface area contributed by atoms with Gasteiger partial charge in [-0.25, -0.2) is 19.6 Å². The number of aromatic nitrogens is 4. The summed E-state index contributed by atoms with van der Waals surface area (Å²) in [5, 5.41) is 5.45. The Labute approximate surface area is 374 Å². The molecule has 2 aliphatic heterocycles. The Morgan fingerprint density at radius 2 is 1.06 bits per heavy atom. The highest BCUT2D eigenvalue weighted by atomic mass is 16.5. The van der Waals surface area contributed by atoms with Gasteiger partial charge in [-0.05, 0) is 108 Å². The summed E-state index contributed by atoms with van der Waals surface area (Å²) in [5.74, 6) is 1.04. The molecule has 5 aromatic rings. The zero-order valence-corrected chi connectivity index (χ0v) is 37.7. The summed E-state index contributed by atoms with van der Waals surface area (Å²) in [6, 6.07) is 20.5. The molecule has 14 nitrogen and oxygen atoms in total. The summed E-state index contributed by atoms with van der Waals surface area (Å²) >= 11 is 0. The maximum atomic E-state index is 13.8. The first-order valence-electron chi connectivity index (χ1n) is 22.7. The number of likely N-dealkylation sites (tertiary alicyclic amines) is 2. The first-order valence-corrected chi connectivity index (χ1v) is 22.7. The molecule has 64 heavy (non-hydrogen) atoms. The molecular formula is C50H60N8O6. The number of imidazole rings is 2. The van der Waals surface area contributed by atoms with Crippen LogP contribution in [-0.2, 0) is 44.7 Å². The molecule has 336 valence electrons. The van der Waals surface area contributed by atoms with E-state index in [1.165, 1.54) is 42.0 Å². The number of H-pyrrole nitrogens is 2. The Morgan fingerprint density at radius 1 is 0.609 bits per heavy atom. The van der Waals surface area contributed by atoms with Crippen LogP contribution >= 0.6 is 0 Å². The van der Waals surface area contributed by atoms with Crippen molar-refractivity contribution < 1.29 is 28.7 Å². The van der Waals surface area contributed by atoms with Crippen LogP contribution in [0.3, 0.4) is 0 Å². The lowest BCUT2D eigenvalue weighted by atomic mass is 9.88. The Balaban J connectivity index is 0.969. The van der Waals surface area contributed by atoms with Gasteiger partial charge in [-0.1, -0.05) is 82.3 Å². The minimum absolute atomic E-state index is 0.104. The molecule has 0 radical (unpaired) electrons. The summed E-state index contributed by atoms with van der Waals surface area (Å²) in [6.07, 6.45) is 9.24. The normalized spacial score (nSPS) is 18.2. The van der Waals surface area contributed by atoms with Crippen LogP contribution < -0.4 is 10.6 Å². The standard InChI is InChI=1S/C50H60N8O6/c1-29(2)43(55-49(61)63-5)47(59)57-23-7-9-41(57)45-51-27-39(53-45)36-21-19-34(20-22-36)37-25-31-11-15-33(37)16-12-32-14-18-35(17-13-31)38(26-32)40-28-52-46(54-40)42-10-8-24-58(42)48(60)44(30(3)4)56-50(62)64-6/h11,14-15,18-22,25-30,41-44H,7-10,12-13,16-17,23-24H2,1-6H3,(H,51,53)(H,52,54)(H,55,61)(H,56,62). The number of methoxy groups -OCH3 is 2. The smallest absolute Gasteiger partial charge is 0.407 e. The monoisotopic (exact) mass is 868 g/mol. The molecule has 4 N–H and O–H groups in total. The van der Waals surface area contributed by atoms with Crippen LogP contribution in [0.5, 0.6) is 0 Å². The van der Waals surface area contributed by atoms with Gasteiger partial charge in [-0.15, -0.1) is 0 Å². The van der Waals surface area contributed by atoms with E-state index in [4.69, 9.17) is 19.4 Å². The van der Waals surface area contributed by atoms with Crippen molar-refractivity contribution in [3.63, 3.8) is 0 Å². The van der Waals surface area contributed by atoms with Crippen LogP contribution in [0.25, 0.3) is 33.6 Å². The maximum absolute atomic E-state index is 13.8. The first-order chi connectivity index (χ1) is 30.9. The van der Waals surface area contributed by atoms with Gasteiger partial charge in [0, 0.05) is 18.7 Å². The van der Waals surface area contributed by atoms with E-state index in [9.17, 15) is 19.2 Å². The average Bonchev–Trinajstić information content (AvgIpc) is 4.15. The van der Waals surface area contributed by atoms with E-state index < -0.39 is 24.3 Å². The molecule has 0 spiro atoms. The highest BCUT2D eigenvalue weighted by molar-refractivity contribution is 5.87. The van der Waals surface area contributed by atoms with Crippen LogP contribution in [0.2, 0.25) is 0 Å². The molecule has 4 unspecified atom stereocenters. The van der Waals surface area contributed by atoms with Gasteiger partial charge in [0.25, 0.3) is 0 Å². The van der Waals surface area contributed by atoms with Gasteiger partial charge in [-0.2, -0.15) is 0 Å². The molecule has 2 fully saturated rings. The molecule has 4 atom stereocenters. The summed E-state index contributed by atoms with van der Waals surface area (Å²) in [4.78, 5) is 72.0. The highest BCUT2D eigenvalue weighted by Gasteiger charge is 2.39. The lowest BCUT2D eigenvalue weighted by Gasteiger charge is -2.30. The van der Waals surface area contributed by atoms with E-state index in [1.54, 1.807) is 0 Å². The fourth-order valence-electron chi connectivity index (χ4n) is 9.58. The molecule has 11 rings (SSSR count). The van der Waals surface area contributed by atoms with Crippen LogP contribution in [0.4, 0.5) is 9.59 Å². The van der Waals surface area contributed by atoms with Crippen LogP contribution in [0.1, 0.15) is 99.4 Å². The van der Waals surface area contributed by atoms with E-state index >= 15 is 0 Å². The molecule has 6 aliphatic rings. The van der Waals surface area contributed by atoms with Gasteiger partial charge in [-0.3, -0.25) is 9.59 Å². The number of alkyl carbamates (subject to hydrolysis) is 2. The number of amides is 4. The number of ether oxygens (including phenoxy) is 2. The van der Waals surface area contributed by atoms with Gasteiger partial charge < -0.3 is 39.9 Å². The predicted molar refractivity (Wildman–Crippen MR) is 244 cm³/mol. The number of benzene rings is 3. The van der Waals surface area contributed by atoms with Crippen LogP contribution in [0, 0.1) is 11.8 Å². The molecule has 3 aromatic carbocycles. The van der Waals surface area contributed by atoms with E-state index in [2.05, 4.69) is 81.3 Å². The van der Waals surface area contributed by atoms with Crippen molar-refractivity contribution in [2.75, 3.05) is 27.3 Å². The van der Waals surface area contributed by atoms with E-state index in [-0.39, 0.29) is 35.7 Å². The number of aryl methyl sites for hydroxylation is 4. The summed E-state index contributed by atoms with van der Waals surface area (Å²) in [7, 11) is 2.60. The zero-order chi connectivity index (χ0) is 45.1. The average molecular weight is 869 g/mol. The minimum atomic E-state index is -0.688. The lowest BCUT2D eigenvalue weighted by Crippen LogP contribution is -2.51. The largest absolute Gasteiger partial charge is 0.453 e. The lowest BCUT2D eigenvalue weighted by molar-refractivity contribution is -0.136. The fourth-order valence-corrected chi connectivity index (χ4v) is 9.58. The Bertz CT molecular complexity index is 2490. The summed E-state index contributed by atoms with van der Waals surface area (Å²) < 4.78 is 9.60. The Hall–Kier alpha value is -6.44. The first kappa shape index (κ1) is 44.2. The number of rotatable bonds is 11. The molecule has 2 saturated heterocycles. The number of carbonyl (C=O) groups is 4. The van der Waals surface area contributed by atoms with E-state index in [0.29, 0.717) is 13.1 Å². The predicted octanol–water partition coefficient (Wildman–Crippen LogP) is 8.11. The van der Waals surface area contributed by atoms with Crippen molar-refractivity contribution in [3.05, 3.63) is 107 Å². The van der Waals surface area contributed by atoms with E-state index in [1.807, 2.05) is 49.9 Å². The quantitative estimate of drug-likeness (QED) is 0.103. The fraction of sp³-hybridized carbons (Fsp3) is 0.440. The van der Waals surface area contributed by atoms with E-state index in [0.717, 1.165) is 91.1 Å². The van der Waals surface area contributed by atoms with Gasteiger partial charge in [0.1, 0.15) is 23.7 Å². The summed E-state index contributed by atoms with van der Waals surface area (Å²) in [5.41, 5.74) is 11.4. The number of aromatic amines is 2. The highest BCUT2D eigenvalue weighted by Crippen LogP contribution is 2.37. The van der Waals surface area contributed by atoms with Gasteiger partial charge >= 0.3 is 12.2 Å². The number of hydrogen-bond donors (Lipinski definition) is 4. The second kappa shape index (κ2) is 19.1. The third-order valence-electron chi connectivity index (χ3n) is 13.2. The van der Waals surface area contributed by atoms with Crippen LogP contribution in [-0.4, -0.2) is 93.1 Å². The van der Waals surface area contributed by atoms with Crippen molar-refractivity contribution in [1.29, 1.82) is 0 Å². The van der Waals surface area contributed by atoms with Gasteiger partial charge in [0.2, 0.25) is 11.8 Å².